The Bertz CT molecular complexity index is 5130. The molecule has 5 aromatic rings. The number of aromatic nitrogens is 2. The number of carbonyl (C=O) groups excluding carboxylic acids is 16. The van der Waals surface area contributed by atoms with Gasteiger partial charge in [0.1, 0.15) is 90.3 Å². The van der Waals surface area contributed by atoms with Crippen molar-refractivity contribution in [1.82, 2.24) is 87.6 Å². The van der Waals surface area contributed by atoms with Gasteiger partial charge in [0, 0.05) is 119 Å². The topological polar surface area (TPSA) is 677 Å². The van der Waals surface area contributed by atoms with Crippen LogP contribution in [0.4, 0.5) is 0 Å². The lowest BCUT2D eigenvalue weighted by atomic mass is 9.99. The number of aliphatic carboxylic acids is 4. The summed E-state index contributed by atoms with van der Waals surface area (Å²) in [5.41, 5.74) is 7.63. The lowest BCUT2D eigenvalue weighted by Gasteiger charge is -2.36. The van der Waals surface area contributed by atoms with Gasteiger partial charge in [-0.1, -0.05) is 88.1 Å². The maximum Gasteiger partial charge on any atom is 0.305 e. The van der Waals surface area contributed by atoms with E-state index in [1.54, 1.807) is 68.6 Å². The number of phenolic OH excluding ortho intramolecular Hbond substituents is 1. The minimum Gasteiger partial charge on any atom is -0.508 e. The number of carboxylic acids is 4. The van der Waals surface area contributed by atoms with E-state index in [-0.39, 0.29) is 63.7 Å². The van der Waals surface area contributed by atoms with E-state index in [9.17, 15) is 98.1 Å². The molecule has 15 atom stereocenters. The minimum atomic E-state index is -2.02. The average molecular weight is 1890 g/mol. The molecular formula is C88H118N18O27S. The van der Waals surface area contributed by atoms with Gasteiger partial charge in [-0.15, -0.1) is 11.8 Å². The number of benzene rings is 3. The highest BCUT2D eigenvalue weighted by Gasteiger charge is 2.47. The predicted molar refractivity (Wildman–Crippen MR) is 478 cm³/mol. The quantitative estimate of drug-likeness (QED) is 0.0249. The number of aromatic amines is 2. The Labute approximate surface area is 773 Å². The second kappa shape index (κ2) is 50.2. The molecule has 5 heterocycles. The molecule has 0 bridgehead atoms. The van der Waals surface area contributed by atoms with E-state index in [4.69, 9.17) is 5.73 Å². The molecule has 3 aliphatic heterocycles. The Kier molecular flexibility index (Phi) is 39.5. The van der Waals surface area contributed by atoms with E-state index >= 15 is 33.6 Å². The Morgan fingerprint density at radius 2 is 0.955 bits per heavy atom. The average Bonchev–Trinajstić information content (AvgIpc) is 1.55. The normalized spacial score (nSPS) is 24.8. The number of carbonyl (C=O) groups is 20. The van der Waals surface area contributed by atoms with Crippen molar-refractivity contribution in [2.75, 3.05) is 58.9 Å². The van der Waals surface area contributed by atoms with Crippen LogP contribution in [0.1, 0.15) is 140 Å². The van der Waals surface area contributed by atoms with Crippen molar-refractivity contribution in [1.29, 1.82) is 0 Å². The van der Waals surface area contributed by atoms with Gasteiger partial charge in [-0.05, 0) is 92.8 Å². The maximum absolute atomic E-state index is 15.8. The lowest BCUT2D eigenvalue weighted by molar-refractivity contribution is -0.149. The SMILES string of the molecule is CCCC[C@H]1C(=O)N(C)[C@@H](CCCC)C(=O)N[C@@H](CCC(=O)O)C(=O)N[C@H](C(=O)NCC(N)=O)CSCC(=O)N[C@@H](Cc2ccc(O)cc2)C(=O)N(C)[C@@H](C)C(=O)N[C@@H](CC(=O)O)C(=O)N2CCC[C@H]2C(=O)N[C@@H](CO)C(=O)N[C@@H](CCC(=O)O)C(=O)N2C[C@H](O)C[C@H]2C(=O)N[C@@H](Cc2c[nH]c3ccccc23)C(=O)N[C@@H](CCC(=O)O)C(=O)N[C@@H](Cc2c[nH]c3ccccc23)C(=O)N1C. The number of aromatic hydroxyl groups is 1. The molecule has 0 saturated carbocycles. The van der Waals surface area contributed by atoms with E-state index in [1.165, 1.54) is 51.5 Å². The summed E-state index contributed by atoms with van der Waals surface area (Å²) in [6.45, 7) is 1.76. The molecule has 8 rings (SSSR count). The predicted octanol–water partition coefficient (Wildman–Crippen LogP) is -3.01. The molecule has 3 fully saturated rings. The highest BCUT2D eigenvalue weighted by Crippen LogP contribution is 2.28. The first-order chi connectivity index (χ1) is 63.6. The van der Waals surface area contributed by atoms with Crippen molar-refractivity contribution >= 4 is 152 Å². The summed E-state index contributed by atoms with van der Waals surface area (Å²) in [7, 11) is 3.64. The number of rotatable bonds is 27. The molecule has 46 heteroatoms. The molecule has 3 saturated heterocycles. The number of unbranched alkanes of at least 4 members (excludes halogenated alkanes) is 2. The first-order valence-electron chi connectivity index (χ1n) is 43.9. The van der Waals surface area contributed by atoms with E-state index < -0.39 is 298 Å². The highest BCUT2D eigenvalue weighted by molar-refractivity contribution is 8.00. The lowest BCUT2D eigenvalue weighted by Crippen LogP contribution is -2.61. The molecule has 0 aliphatic carbocycles. The number of hydrogen-bond donors (Lipinski definition) is 20. The molecule has 3 aliphatic rings. The maximum atomic E-state index is 15.8. The highest BCUT2D eigenvalue weighted by atomic mass is 32.2. The number of likely N-dealkylation sites (N-methyl/N-ethyl adjacent to an activating group) is 3. The summed E-state index contributed by atoms with van der Waals surface area (Å²) < 4.78 is 0. The second-order valence-electron chi connectivity index (χ2n) is 33.3. The number of aliphatic hydroxyl groups excluding tert-OH is 2. The number of fused-ring (bicyclic) bond motifs is 4. The van der Waals surface area contributed by atoms with Crippen LogP contribution in [0.3, 0.4) is 0 Å². The number of aliphatic hydroxyl groups is 2. The van der Waals surface area contributed by atoms with E-state index in [2.05, 4.69) is 63.1 Å². The van der Waals surface area contributed by atoms with Crippen LogP contribution in [0.5, 0.6) is 5.75 Å². The van der Waals surface area contributed by atoms with E-state index in [1.807, 2.05) is 0 Å². The zero-order chi connectivity index (χ0) is 98.5. The molecular weight excluding hydrogens is 1770 g/mol. The van der Waals surface area contributed by atoms with Crippen molar-refractivity contribution in [2.24, 2.45) is 5.73 Å². The molecule has 0 unspecified atom stereocenters. The molecule has 0 radical (unpaired) electrons. The number of para-hydroxylation sites is 2. The summed E-state index contributed by atoms with van der Waals surface area (Å²) >= 11 is 0.667. The van der Waals surface area contributed by atoms with Gasteiger partial charge in [0.15, 0.2) is 0 Å². The van der Waals surface area contributed by atoms with Crippen LogP contribution < -0.4 is 58.9 Å². The first kappa shape index (κ1) is 106. The summed E-state index contributed by atoms with van der Waals surface area (Å²) in [6.07, 6.45) is -4.87. The van der Waals surface area contributed by atoms with Crippen LogP contribution in [0.2, 0.25) is 0 Å². The summed E-state index contributed by atoms with van der Waals surface area (Å²) in [6, 6.07) is -5.58. The van der Waals surface area contributed by atoms with Crippen LogP contribution >= 0.6 is 11.8 Å². The number of primary amides is 1. The van der Waals surface area contributed by atoms with Crippen LogP contribution in [0, 0.1) is 0 Å². The van der Waals surface area contributed by atoms with Crippen LogP contribution in [-0.4, -0.2) is 338 Å². The second-order valence-corrected chi connectivity index (χ2v) is 34.3. The number of thioether (sulfide) groups is 1. The fraction of sp³-hybridized carbons (Fsp3) is 0.523. The van der Waals surface area contributed by atoms with Crippen LogP contribution in [-0.2, 0) is 115 Å². The zero-order valence-corrected chi connectivity index (χ0v) is 75.8. The first-order valence-corrected chi connectivity index (χ1v) is 45.1. The fourth-order valence-electron chi connectivity index (χ4n) is 16.0. The Balaban J connectivity index is 1.21. The standard InChI is InChI=1S/C88H118N18O27S/c1-7-9-20-65-81(126)95-57(28-31-72(114)115)78(123)101-64(76(121)92-41-69(89)110)44-134-45-70(111)93-60(34-47-23-25-50(108)26-24-47)84(129)102(4)46(3)75(120)98-62(38-74(118)119)87(132)105-33-15-22-66(105)82(127)100-63(43-107)80(125)96-58(29-32-73(116)117)86(131)106-42-51(109)37-68(106)83(128)97-59(35-48-39-90-54-18-13-11-16-52(48)54)79(124)94-56(27-30-71(112)113)77(122)99-61(36-49-40-91-55-19-14-12-17-53(49)55)85(130)104(6)67(21-10-8-2)88(133)103(65)5/h11-14,16-19,23-26,39-40,46,51,56-68,90-91,107-109H,7-10,15,20-22,27-38,41-45H2,1-6H3,(H2,89,110)(H,92,121)(H,93,111)(H,94,124)(H,95,126)(H,96,125)(H,97,128)(H,98,120)(H,99,122)(H,100,127)(H,101,123)(H,112,113)(H,114,115)(H,116,117)(H,118,119)/t46-,51+,56-,57-,58-,59-,60-,61-,62-,63-,64-,65-,66-,67-,68-/m0/s1. The third-order valence-corrected chi connectivity index (χ3v) is 24.6. The minimum absolute atomic E-state index is 0.0500. The van der Waals surface area contributed by atoms with Gasteiger partial charge in [0.2, 0.25) is 94.5 Å². The molecule has 134 heavy (non-hydrogen) atoms. The largest absolute Gasteiger partial charge is 0.508 e. The van der Waals surface area contributed by atoms with Gasteiger partial charge in [0.25, 0.3) is 0 Å². The van der Waals surface area contributed by atoms with Gasteiger partial charge >= 0.3 is 23.9 Å². The number of H-pyrrole nitrogens is 2. The third kappa shape index (κ3) is 29.6. The van der Waals surface area contributed by atoms with Gasteiger partial charge in [0.05, 0.1) is 31.4 Å². The van der Waals surface area contributed by atoms with Crippen molar-refractivity contribution < 1.29 is 132 Å². The molecule has 21 N–H and O–H groups in total. The Morgan fingerprint density at radius 3 is 1.52 bits per heavy atom. The van der Waals surface area contributed by atoms with Crippen LogP contribution in [0.25, 0.3) is 21.8 Å². The molecule has 45 nitrogen and oxygen atoms in total. The molecule has 0 spiro atoms. The van der Waals surface area contributed by atoms with Crippen molar-refractivity contribution in [3.63, 3.8) is 0 Å². The van der Waals surface area contributed by atoms with E-state index in [0.29, 0.717) is 63.1 Å². The number of hydrogen-bond acceptors (Lipinski definition) is 24. The van der Waals surface area contributed by atoms with Gasteiger partial charge in [-0.25, -0.2) is 0 Å². The number of phenols is 1. The molecule has 3 aromatic carbocycles. The van der Waals surface area contributed by atoms with Crippen LogP contribution in [0.15, 0.2) is 85.2 Å². The number of carboxylic acid groups (broad SMARTS) is 4. The van der Waals surface area contributed by atoms with Gasteiger partial charge < -0.3 is 129 Å². The van der Waals surface area contributed by atoms with Crippen molar-refractivity contribution in [2.45, 2.75) is 233 Å². The number of nitrogens with two attached hydrogens (primary N) is 1. The molecule has 728 valence electrons. The summed E-state index contributed by atoms with van der Waals surface area (Å²) in [5.74, 6) is -25.0. The molecule has 2 aromatic heterocycles. The van der Waals surface area contributed by atoms with E-state index in [0.717, 1.165) is 31.5 Å². The third-order valence-electron chi connectivity index (χ3n) is 23.6. The van der Waals surface area contributed by atoms with Crippen molar-refractivity contribution in [3.05, 3.63) is 102 Å². The zero-order valence-electron chi connectivity index (χ0n) is 74.9. The summed E-state index contributed by atoms with van der Waals surface area (Å²) in [5, 5.41) is 98.3. The van der Waals surface area contributed by atoms with Crippen molar-refractivity contribution in [3.8, 4) is 5.75 Å². The monoisotopic (exact) mass is 1890 g/mol. The molecule has 16 amide bonds. The Hall–Kier alpha value is -13.8. The van der Waals surface area contributed by atoms with Gasteiger partial charge in [-0.2, -0.15) is 0 Å². The number of nitrogens with zero attached hydrogens (tertiary/aromatic N) is 5. The number of amides is 16. The fourth-order valence-corrected chi connectivity index (χ4v) is 16.9. The number of nitrogens with one attached hydrogen (secondary N) is 12. The van der Waals surface area contributed by atoms with Gasteiger partial charge in [-0.3, -0.25) is 95.9 Å². The smallest absolute Gasteiger partial charge is 0.305 e. The Morgan fingerprint density at radius 1 is 0.485 bits per heavy atom. The summed E-state index contributed by atoms with van der Waals surface area (Å²) in [4.78, 5) is 295.